The number of nitrogens with zero attached hydrogens (tertiary/aromatic N) is 2. The molecule has 18 heteroatoms. The van der Waals surface area contributed by atoms with Crippen molar-refractivity contribution in [3.63, 3.8) is 0 Å². The molecule has 0 spiro atoms. The van der Waals surface area contributed by atoms with Crippen molar-refractivity contribution in [3.05, 3.63) is 107 Å². The molecule has 4 aromatic rings. The highest BCUT2D eigenvalue weighted by Gasteiger charge is 2.35. The van der Waals surface area contributed by atoms with E-state index >= 15 is 0 Å². The van der Waals surface area contributed by atoms with Gasteiger partial charge in [-0.2, -0.15) is 17.7 Å². The van der Waals surface area contributed by atoms with Crippen LogP contribution in [0.5, 0.6) is 0 Å². The van der Waals surface area contributed by atoms with Crippen LogP contribution >= 0.6 is 0 Å². The first kappa shape index (κ1) is 41.2. The minimum Gasteiger partial charge on any atom is -0.352 e. The normalized spacial score (nSPS) is 11.4. The summed E-state index contributed by atoms with van der Waals surface area (Å²) in [5.74, 6) is -0.834. The zero-order chi connectivity index (χ0) is 39.1. The Morgan fingerprint density at radius 1 is 0.981 bits per heavy atom. The molecular formula is C36H42F3N8O6S+. The quantitative estimate of drug-likeness (QED) is 0.0326. The van der Waals surface area contributed by atoms with Gasteiger partial charge < -0.3 is 10.6 Å². The lowest BCUT2D eigenvalue weighted by molar-refractivity contribution is -0.684. The lowest BCUT2D eigenvalue weighted by atomic mass is 10.1. The Labute approximate surface area is 310 Å². The average molecular weight is 772 g/mol. The number of aryl methyl sites for hydroxylation is 1. The van der Waals surface area contributed by atoms with Crippen LogP contribution in [-0.4, -0.2) is 44.7 Å². The van der Waals surface area contributed by atoms with Crippen molar-refractivity contribution in [1.29, 1.82) is 0 Å². The number of anilines is 3. The molecule has 6 N–H and O–H groups in total. The molecule has 3 amide bonds. The number of pyridine rings is 2. The molecule has 288 valence electrons. The average Bonchev–Trinajstić information content (AvgIpc) is 3.13. The molecule has 0 atom stereocenters. The first-order chi connectivity index (χ1) is 25.8. The van der Waals surface area contributed by atoms with E-state index in [1.54, 1.807) is 37.6 Å². The number of carbonyl (C=O) groups excluding carboxylic acids is 3. The van der Waals surface area contributed by atoms with E-state index in [0.717, 1.165) is 43.4 Å². The molecule has 2 aromatic carbocycles. The second-order valence-electron chi connectivity index (χ2n) is 12.2. The van der Waals surface area contributed by atoms with E-state index in [4.69, 9.17) is 4.84 Å². The maximum atomic E-state index is 13.9. The van der Waals surface area contributed by atoms with Crippen molar-refractivity contribution in [2.75, 3.05) is 28.6 Å². The van der Waals surface area contributed by atoms with Crippen LogP contribution in [0, 0.1) is 13.8 Å². The highest BCUT2D eigenvalue weighted by molar-refractivity contribution is 7.92. The van der Waals surface area contributed by atoms with Gasteiger partial charge in [0.1, 0.15) is 5.56 Å². The largest absolute Gasteiger partial charge is 0.418 e. The highest BCUT2D eigenvalue weighted by Crippen LogP contribution is 2.38. The summed E-state index contributed by atoms with van der Waals surface area (Å²) in [6.45, 7) is 4.46. The molecule has 0 aliphatic heterocycles. The second-order valence-corrected chi connectivity index (χ2v) is 13.8. The van der Waals surface area contributed by atoms with Crippen LogP contribution in [0.25, 0.3) is 0 Å². The van der Waals surface area contributed by atoms with Crippen molar-refractivity contribution in [1.82, 2.24) is 21.2 Å². The number of unbranched alkanes of at least 4 members (excludes halogenated alkanes) is 3. The molecule has 2 heterocycles. The molecule has 14 nitrogen and oxygen atoms in total. The highest BCUT2D eigenvalue weighted by atomic mass is 32.2. The number of halogens is 3. The molecular weight excluding hydrogens is 730 g/mol. The SMILES string of the molecule is Cc1ccc(S(=O)(=O)Nc2ccc(NNC=O)cc2C(F)(F)F)c(C)c1NC(=O)C[n+]1cccc(C(=O)NCCCCCCNOCc2cccnc2)c1. The van der Waals surface area contributed by atoms with E-state index in [-0.39, 0.29) is 40.7 Å². The first-order valence-electron chi connectivity index (χ1n) is 16.9. The second kappa shape index (κ2) is 19.5. The van der Waals surface area contributed by atoms with Gasteiger partial charge in [-0.1, -0.05) is 25.0 Å². The predicted octanol–water partition coefficient (Wildman–Crippen LogP) is 4.53. The number of amides is 3. The van der Waals surface area contributed by atoms with Crippen LogP contribution in [0.15, 0.2) is 84.3 Å². The Kier molecular flexibility index (Phi) is 14.8. The number of benzene rings is 2. The van der Waals surface area contributed by atoms with E-state index < -0.39 is 33.4 Å². The first-order valence-corrected chi connectivity index (χ1v) is 18.4. The fourth-order valence-corrected chi connectivity index (χ4v) is 6.67. The molecule has 0 fully saturated rings. The Morgan fingerprint density at radius 3 is 2.48 bits per heavy atom. The zero-order valence-electron chi connectivity index (χ0n) is 29.6. The Balaban J connectivity index is 1.29. The van der Waals surface area contributed by atoms with Gasteiger partial charge in [0.25, 0.3) is 21.8 Å². The third kappa shape index (κ3) is 12.2. The van der Waals surface area contributed by atoms with Gasteiger partial charge >= 0.3 is 6.18 Å². The summed E-state index contributed by atoms with van der Waals surface area (Å²) in [5.41, 5.74) is 7.14. The van der Waals surface area contributed by atoms with Gasteiger partial charge in [0.05, 0.1) is 28.4 Å². The number of hydrogen-bond donors (Lipinski definition) is 6. The van der Waals surface area contributed by atoms with E-state index in [9.17, 15) is 36.0 Å². The Morgan fingerprint density at radius 2 is 1.76 bits per heavy atom. The van der Waals surface area contributed by atoms with Gasteiger partial charge in [-0.3, -0.25) is 39.8 Å². The van der Waals surface area contributed by atoms with E-state index in [1.807, 2.05) is 22.3 Å². The van der Waals surface area contributed by atoms with Gasteiger partial charge in [-0.05, 0) is 79.8 Å². The zero-order valence-corrected chi connectivity index (χ0v) is 30.4. The summed E-state index contributed by atoms with van der Waals surface area (Å²) in [6.07, 6.45) is 5.42. The number of aromatic nitrogens is 2. The molecule has 0 saturated carbocycles. The maximum Gasteiger partial charge on any atom is 0.418 e. The van der Waals surface area contributed by atoms with Gasteiger partial charge in [-0.25, -0.2) is 13.9 Å². The number of nitrogens with one attached hydrogen (secondary N) is 6. The van der Waals surface area contributed by atoms with E-state index in [0.29, 0.717) is 36.9 Å². The monoisotopic (exact) mass is 771 g/mol. The number of hydrazine groups is 1. The molecule has 2 aromatic heterocycles. The summed E-state index contributed by atoms with van der Waals surface area (Å²) in [7, 11) is -4.59. The van der Waals surface area contributed by atoms with Crippen LogP contribution in [0.3, 0.4) is 0 Å². The third-order valence-electron chi connectivity index (χ3n) is 8.02. The lowest BCUT2D eigenvalue weighted by Gasteiger charge is -2.19. The van der Waals surface area contributed by atoms with Crippen molar-refractivity contribution in [2.45, 2.75) is 63.8 Å². The predicted molar refractivity (Wildman–Crippen MR) is 194 cm³/mol. The van der Waals surface area contributed by atoms with E-state index in [2.05, 4.69) is 26.5 Å². The number of carbonyl (C=O) groups is 3. The molecule has 0 saturated heterocycles. The summed E-state index contributed by atoms with van der Waals surface area (Å²) in [5, 5.41) is 5.58. The molecule has 54 heavy (non-hydrogen) atoms. The maximum absolute atomic E-state index is 13.9. The van der Waals surface area contributed by atoms with Gasteiger partial charge in [0, 0.05) is 37.2 Å². The van der Waals surface area contributed by atoms with Gasteiger partial charge in [0.15, 0.2) is 12.4 Å². The van der Waals surface area contributed by atoms with Crippen LogP contribution in [0.1, 0.15) is 58.3 Å². The van der Waals surface area contributed by atoms with Crippen LogP contribution in [-0.2, 0) is 43.8 Å². The summed E-state index contributed by atoms with van der Waals surface area (Å²) < 4.78 is 71.9. The van der Waals surface area contributed by atoms with Crippen molar-refractivity contribution in [3.8, 4) is 0 Å². The Hall–Kier alpha value is -5.59. The smallest absolute Gasteiger partial charge is 0.352 e. The topological polar surface area (TPSA) is 184 Å². The fraction of sp³-hybridized carbons (Fsp3) is 0.306. The molecule has 0 aliphatic rings. The fourth-order valence-electron chi connectivity index (χ4n) is 5.34. The lowest BCUT2D eigenvalue weighted by Crippen LogP contribution is -2.41. The standard InChI is InChI=1S/C36H41F3N8O6S/c1-25-11-14-32(54(51,52)46-31-13-12-29(45-42-24-48)19-30(31)36(37,38)39)26(2)34(25)44-33(49)22-47-18-8-10-28(21-47)35(50)41-16-5-3-4-6-17-43-53-23-27-9-7-15-40-20-27/h7-15,18-21,24,43,45-46H,3-6,16-17,22-23H2,1-2H3,(H2-,41,42,44,48,49,50)/p+1. The molecule has 0 bridgehead atoms. The molecule has 0 aliphatic carbocycles. The van der Waals surface area contributed by atoms with Crippen molar-refractivity contribution < 1.29 is 45.4 Å². The van der Waals surface area contributed by atoms with Crippen LogP contribution < -0.4 is 36.3 Å². The number of sulfonamides is 1. The summed E-state index contributed by atoms with van der Waals surface area (Å²) in [4.78, 5) is 45.5. The molecule has 4 rings (SSSR count). The van der Waals surface area contributed by atoms with Gasteiger partial charge in [0.2, 0.25) is 13.0 Å². The minimum absolute atomic E-state index is 0.0985. The van der Waals surface area contributed by atoms with Crippen LogP contribution in [0.2, 0.25) is 0 Å². The Bertz CT molecular complexity index is 2020. The van der Waals surface area contributed by atoms with Gasteiger partial charge in [-0.15, -0.1) is 0 Å². The minimum atomic E-state index is -4.94. The number of hydroxylamine groups is 1. The summed E-state index contributed by atoms with van der Waals surface area (Å²) >= 11 is 0. The number of hydrogen-bond acceptors (Lipinski definition) is 9. The number of rotatable bonds is 20. The van der Waals surface area contributed by atoms with Crippen molar-refractivity contribution in [2.24, 2.45) is 0 Å². The molecule has 0 radical (unpaired) electrons. The molecule has 0 unspecified atom stereocenters. The number of alkyl halides is 3. The van der Waals surface area contributed by atoms with Crippen LogP contribution in [0.4, 0.5) is 30.2 Å². The summed E-state index contributed by atoms with van der Waals surface area (Å²) in [6, 6.07) is 12.4. The third-order valence-corrected chi connectivity index (χ3v) is 9.53. The van der Waals surface area contributed by atoms with E-state index in [1.165, 1.54) is 29.8 Å². The van der Waals surface area contributed by atoms with Crippen molar-refractivity contribution >= 4 is 45.3 Å².